The van der Waals surface area contributed by atoms with Crippen LogP contribution in [0.1, 0.15) is 58.3 Å². The average molecular weight is 238 g/mol. The summed E-state index contributed by atoms with van der Waals surface area (Å²) in [5.74, 6) is 0.398. The highest BCUT2D eigenvalue weighted by atomic mass is 16.2. The van der Waals surface area contributed by atoms with E-state index < -0.39 is 0 Å². The van der Waals surface area contributed by atoms with Crippen LogP contribution < -0.4 is 5.32 Å². The van der Waals surface area contributed by atoms with Gasteiger partial charge in [-0.05, 0) is 38.6 Å². The van der Waals surface area contributed by atoms with Gasteiger partial charge in [0.2, 0.25) is 5.91 Å². The normalized spacial score (nSPS) is 28.9. The van der Waals surface area contributed by atoms with Crippen LogP contribution in [-0.2, 0) is 4.79 Å². The Morgan fingerprint density at radius 1 is 1.29 bits per heavy atom. The maximum Gasteiger partial charge on any atom is 0.222 e. The molecule has 0 radical (unpaired) electrons. The average Bonchev–Trinajstić information content (AvgIpc) is 2.99. The number of amides is 1. The predicted octanol–water partition coefficient (Wildman–Crippen LogP) is 2.31. The van der Waals surface area contributed by atoms with Crippen LogP contribution in [-0.4, -0.2) is 36.0 Å². The third-order valence-electron chi connectivity index (χ3n) is 4.18. The van der Waals surface area contributed by atoms with Crippen molar-refractivity contribution in [1.29, 1.82) is 0 Å². The molecule has 2 rings (SSSR count). The second-order valence-corrected chi connectivity index (χ2v) is 5.46. The summed E-state index contributed by atoms with van der Waals surface area (Å²) in [6, 6.07) is 1.07. The number of nitrogens with zero attached hydrogens (tertiary/aromatic N) is 1. The van der Waals surface area contributed by atoms with Crippen molar-refractivity contribution in [2.24, 2.45) is 0 Å². The van der Waals surface area contributed by atoms with Crippen LogP contribution in [0, 0.1) is 0 Å². The Balaban J connectivity index is 1.83. The molecule has 2 saturated heterocycles. The molecule has 0 bridgehead atoms. The molecule has 3 heteroatoms. The molecule has 2 heterocycles. The fraction of sp³-hybridized carbons (Fsp3) is 0.929. The summed E-state index contributed by atoms with van der Waals surface area (Å²) >= 11 is 0. The van der Waals surface area contributed by atoms with Crippen LogP contribution in [0.15, 0.2) is 0 Å². The van der Waals surface area contributed by atoms with E-state index in [1.54, 1.807) is 0 Å². The van der Waals surface area contributed by atoms with E-state index >= 15 is 0 Å². The molecule has 0 saturated carbocycles. The Bertz CT molecular complexity index is 249. The summed E-state index contributed by atoms with van der Waals surface area (Å²) in [7, 11) is 0. The number of hydrogen-bond donors (Lipinski definition) is 1. The Morgan fingerprint density at radius 3 is 2.88 bits per heavy atom. The fourth-order valence-corrected chi connectivity index (χ4v) is 3.23. The highest BCUT2D eigenvalue weighted by molar-refractivity contribution is 5.76. The predicted molar refractivity (Wildman–Crippen MR) is 69.9 cm³/mol. The Morgan fingerprint density at radius 2 is 2.18 bits per heavy atom. The van der Waals surface area contributed by atoms with Gasteiger partial charge < -0.3 is 10.2 Å². The van der Waals surface area contributed by atoms with Gasteiger partial charge in [0.05, 0.1) is 0 Å². The van der Waals surface area contributed by atoms with Crippen molar-refractivity contribution in [1.82, 2.24) is 10.2 Å². The zero-order valence-electron chi connectivity index (χ0n) is 11.1. The molecule has 0 aromatic rings. The van der Waals surface area contributed by atoms with Crippen LogP contribution in [0.3, 0.4) is 0 Å². The third kappa shape index (κ3) is 3.21. The summed E-state index contributed by atoms with van der Waals surface area (Å²) in [6.07, 6.45) is 9.14. The number of likely N-dealkylation sites (tertiary alicyclic amines) is 1. The van der Waals surface area contributed by atoms with Crippen molar-refractivity contribution >= 4 is 5.91 Å². The van der Waals surface area contributed by atoms with Crippen molar-refractivity contribution in [3.8, 4) is 0 Å². The van der Waals surface area contributed by atoms with E-state index in [1.165, 1.54) is 38.5 Å². The van der Waals surface area contributed by atoms with Crippen molar-refractivity contribution < 1.29 is 4.79 Å². The largest absolute Gasteiger partial charge is 0.338 e. The van der Waals surface area contributed by atoms with E-state index in [-0.39, 0.29) is 0 Å². The summed E-state index contributed by atoms with van der Waals surface area (Å²) < 4.78 is 0. The van der Waals surface area contributed by atoms with Crippen molar-refractivity contribution in [2.45, 2.75) is 70.4 Å². The van der Waals surface area contributed by atoms with E-state index in [2.05, 4.69) is 17.1 Å². The zero-order chi connectivity index (χ0) is 12.1. The lowest BCUT2D eigenvalue weighted by atomic mass is 10.0. The van der Waals surface area contributed by atoms with Crippen LogP contribution >= 0.6 is 0 Å². The Kier molecular flexibility index (Phi) is 4.84. The zero-order valence-corrected chi connectivity index (χ0v) is 11.1. The summed E-state index contributed by atoms with van der Waals surface area (Å²) in [5.41, 5.74) is 0. The molecule has 2 aliphatic heterocycles. The number of carbonyl (C=O) groups excluding carboxylic acids is 1. The van der Waals surface area contributed by atoms with Gasteiger partial charge in [0, 0.05) is 25.0 Å². The first kappa shape index (κ1) is 12.9. The lowest BCUT2D eigenvalue weighted by molar-refractivity contribution is -0.132. The van der Waals surface area contributed by atoms with Gasteiger partial charge in [-0.1, -0.05) is 19.8 Å². The van der Waals surface area contributed by atoms with Crippen molar-refractivity contribution in [3.05, 3.63) is 0 Å². The van der Waals surface area contributed by atoms with Crippen molar-refractivity contribution in [3.63, 3.8) is 0 Å². The standard InChI is InChI=1S/C14H26N2O/c1-2-3-4-9-14(17)16-11-6-8-13(16)12-7-5-10-15-12/h12-13,15H,2-11H2,1H3. The lowest BCUT2D eigenvalue weighted by Crippen LogP contribution is -2.46. The molecule has 1 N–H and O–H groups in total. The second-order valence-electron chi connectivity index (χ2n) is 5.46. The first-order chi connectivity index (χ1) is 8.33. The molecular weight excluding hydrogens is 212 g/mol. The molecule has 1 amide bonds. The van der Waals surface area contributed by atoms with E-state index in [1.807, 2.05) is 0 Å². The Labute approximate surface area is 105 Å². The fourth-order valence-electron chi connectivity index (χ4n) is 3.23. The molecule has 0 spiro atoms. The maximum absolute atomic E-state index is 12.2. The first-order valence-electron chi connectivity index (χ1n) is 7.35. The molecule has 17 heavy (non-hydrogen) atoms. The minimum absolute atomic E-state index is 0.398. The Hall–Kier alpha value is -0.570. The van der Waals surface area contributed by atoms with Crippen LogP contribution in [0.25, 0.3) is 0 Å². The highest BCUT2D eigenvalue weighted by Gasteiger charge is 2.35. The van der Waals surface area contributed by atoms with E-state index in [0.717, 1.165) is 25.9 Å². The molecule has 0 aliphatic carbocycles. The second kappa shape index (κ2) is 6.39. The first-order valence-corrected chi connectivity index (χ1v) is 7.35. The minimum atomic E-state index is 0.398. The number of rotatable bonds is 5. The van der Waals surface area contributed by atoms with Crippen LogP contribution in [0.2, 0.25) is 0 Å². The van der Waals surface area contributed by atoms with Gasteiger partial charge in [-0.3, -0.25) is 4.79 Å². The molecule has 2 atom stereocenters. The molecule has 2 aliphatic rings. The lowest BCUT2D eigenvalue weighted by Gasteiger charge is -2.29. The van der Waals surface area contributed by atoms with Gasteiger partial charge in [0.15, 0.2) is 0 Å². The topological polar surface area (TPSA) is 32.3 Å². The smallest absolute Gasteiger partial charge is 0.222 e. The van der Waals surface area contributed by atoms with E-state index in [0.29, 0.717) is 18.0 Å². The van der Waals surface area contributed by atoms with Gasteiger partial charge in [-0.2, -0.15) is 0 Å². The number of unbranched alkanes of at least 4 members (excludes halogenated alkanes) is 2. The SMILES string of the molecule is CCCCCC(=O)N1CCCC1C1CCCN1. The van der Waals surface area contributed by atoms with E-state index in [4.69, 9.17) is 0 Å². The third-order valence-corrected chi connectivity index (χ3v) is 4.18. The molecule has 2 unspecified atom stereocenters. The number of nitrogens with one attached hydrogen (secondary N) is 1. The molecule has 3 nitrogen and oxygen atoms in total. The molecule has 2 fully saturated rings. The van der Waals surface area contributed by atoms with Gasteiger partial charge in [0.1, 0.15) is 0 Å². The van der Waals surface area contributed by atoms with Crippen LogP contribution in [0.5, 0.6) is 0 Å². The van der Waals surface area contributed by atoms with Gasteiger partial charge in [-0.25, -0.2) is 0 Å². The van der Waals surface area contributed by atoms with Gasteiger partial charge in [0.25, 0.3) is 0 Å². The quantitative estimate of drug-likeness (QED) is 0.745. The summed E-state index contributed by atoms with van der Waals surface area (Å²) in [6.45, 7) is 4.32. The van der Waals surface area contributed by atoms with Gasteiger partial charge >= 0.3 is 0 Å². The number of carbonyl (C=O) groups is 1. The molecule has 0 aromatic heterocycles. The molecular formula is C14H26N2O. The number of hydrogen-bond acceptors (Lipinski definition) is 2. The maximum atomic E-state index is 12.2. The highest BCUT2D eigenvalue weighted by Crippen LogP contribution is 2.25. The monoisotopic (exact) mass is 238 g/mol. The summed E-state index contributed by atoms with van der Waals surface area (Å²) in [4.78, 5) is 14.4. The van der Waals surface area contributed by atoms with Crippen molar-refractivity contribution in [2.75, 3.05) is 13.1 Å². The van der Waals surface area contributed by atoms with Crippen LogP contribution in [0.4, 0.5) is 0 Å². The summed E-state index contributed by atoms with van der Waals surface area (Å²) in [5, 5.41) is 3.56. The van der Waals surface area contributed by atoms with E-state index in [9.17, 15) is 4.79 Å². The van der Waals surface area contributed by atoms with Gasteiger partial charge in [-0.15, -0.1) is 0 Å². The molecule has 0 aromatic carbocycles. The molecule has 98 valence electrons. The minimum Gasteiger partial charge on any atom is -0.338 e.